The highest BCUT2D eigenvalue weighted by molar-refractivity contribution is 9.10. The minimum atomic E-state index is -0.254. The Morgan fingerprint density at radius 2 is 2.24 bits per heavy atom. The molecule has 0 aliphatic carbocycles. The van der Waals surface area contributed by atoms with Crippen molar-refractivity contribution in [2.75, 3.05) is 0 Å². The third kappa shape index (κ3) is 3.78. The number of aryl methyl sites for hydroxylation is 1. The molecule has 92 valence electrons. The normalized spacial score (nSPS) is 11.9. The highest BCUT2D eigenvalue weighted by Gasteiger charge is 2.15. The molecule has 0 spiro atoms. The van der Waals surface area contributed by atoms with Gasteiger partial charge >= 0.3 is 0 Å². The maximum absolute atomic E-state index is 12.0. The summed E-state index contributed by atoms with van der Waals surface area (Å²) in [4.78, 5) is 12.4. The van der Waals surface area contributed by atoms with E-state index >= 15 is 0 Å². The first-order valence-corrected chi connectivity index (χ1v) is 6.52. The highest BCUT2D eigenvalue weighted by Crippen LogP contribution is 2.16. The maximum atomic E-state index is 12.0. The van der Waals surface area contributed by atoms with Crippen LogP contribution in [0.3, 0.4) is 0 Å². The van der Waals surface area contributed by atoms with Gasteiger partial charge in [0.15, 0.2) is 0 Å². The van der Waals surface area contributed by atoms with Gasteiger partial charge in [-0.3, -0.25) is 4.79 Å². The van der Waals surface area contributed by atoms with Gasteiger partial charge in [0, 0.05) is 10.0 Å². The highest BCUT2D eigenvalue weighted by atomic mass is 79.9. The molecule has 1 rings (SSSR count). The van der Waals surface area contributed by atoms with Gasteiger partial charge < -0.3 is 11.1 Å². The summed E-state index contributed by atoms with van der Waals surface area (Å²) in [7, 11) is 0. The zero-order valence-electron chi connectivity index (χ0n) is 9.79. The smallest absolute Gasteiger partial charge is 0.252 e. The van der Waals surface area contributed by atoms with Crippen molar-refractivity contribution in [3.05, 3.63) is 33.8 Å². The molecule has 1 unspecified atom stereocenters. The van der Waals surface area contributed by atoms with Crippen LogP contribution in [-0.2, 0) is 0 Å². The number of hydrogen-bond donors (Lipinski definition) is 2. The Kier molecular flexibility index (Phi) is 5.08. The summed E-state index contributed by atoms with van der Waals surface area (Å²) in [6.45, 7) is 3.82. The number of carbonyl (C=O) groups is 1. The SMILES string of the molecule is CCC(NC(=O)c1cc(Br)ccc1C)C(N)=S. The van der Waals surface area contributed by atoms with E-state index in [0.717, 1.165) is 10.0 Å². The Balaban J connectivity index is 2.89. The summed E-state index contributed by atoms with van der Waals surface area (Å²) in [6.07, 6.45) is 0.689. The van der Waals surface area contributed by atoms with Crippen LogP contribution in [0.4, 0.5) is 0 Å². The lowest BCUT2D eigenvalue weighted by Crippen LogP contribution is -2.43. The number of benzene rings is 1. The fraction of sp³-hybridized carbons (Fsp3) is 0.333. The zero-order valence-corrected chi connectivity index (χ0v) is 12.2. The number of nitrogens with two attached hydrogens (primary N) is 1. The van der Waals surface area contributed by atoms with Crippen molar-refractivity contribution in [3.8, 4) is 0 Å². The monoisotopic (exact) mass is 314 g/mol. The average Bonchev–Trinajstić information content (AvgIpc) is 2.28. The van der Waals surface area contributed by atoms with E-state index in [1.165, 1.54) is 0 Å². The second-order valence-corrected chi connectivity index (χ2v) is 5.18. The van der Waals surface area contributed by atoms with E-state index in [0.29, 0.717) is 17.0 Å². The third-order valence-electron chi connectivity index (χ3n) is 2.50. The third-order valence-corrected chi connectivity index (χ3v) is 3.28. The van der Waals surface area contributed by atoms with Crippen molar-refractivity contribution in [1.82, 2.24) is 5.32 Å². The fourth-order valence-electron chi connectivity index (χ4n) is 1.45. The van der Waals surface area contributed by atoms with Gasteiger partial charge in [-0.15, -0.1) is 0 Å². The van der Waals surface area contributed by atoms with Gasteiger partial charge in [0.25, 0.3) is 5.91 Å². The van der Waals surface area contributed by atoms with Crippen LogP contribution in [-0.4, -0.2) is 16.9 Å². The van der Waals surface area contributed by atoms with Crippen LogP contribution in [0.2, 0.25) is 0 Å². The fourth-order valence-corrected chi connectivity index (χ4v) is 2.04. The number of hydrogen-bond acceptors (Lipinski definition) is 2. The molecule has 0 saturated carbocycles. The molecular weight excluding hydrogens is 300 g/mol. The second kappa shape index (κ2) is 6.12. The summed E-state index contributed by atoms with van der Waals surface area (Å²) in [6, 6.07) is 5.32. The lowest BCUT2D eigenvalue weighted by molar-refractivity contribution is 0.0945. The van der Waals surface area contributed by atoms with Gasteiger partial charge in [-0.1, -0.05) is 41.1 Å². The zero-order chi connectivity index (χ0) is 13.0. The quantitative estimate of drug-likeness (QED) is 0.840. The molecule has 0 fully saturated rings. The van der Waals surface area contributed by atoms with Crippen molar-refractivity contribution in [2.45, 2.75) is 26.3 Å². The van der Waals surface area contributed by atoms with Crippen LogP contribution >= 0.6 is 28.1 Å². The lowest BCUT2D eigenvalue weighted by atomic mass is 10.1. The Labute approximate surface area is 115 Å². The van der Waals surface area contributed by atoms with Crippen LogP contribution in [0.25, 0.3) is 0 Å². The molecule has 3 N–H and O–H groups in total. The number of thiocarbonyl (C=S) groups is 1. The predicted molar refractivity (Wildman–Crippen MR) is 77.2 cm³/mol. The largest absolute Gasteiger partial charge is 0.392 e. The van der Waals surface area contributed by atoms with Crippen molar-refractivity contribution in [2.24, 2.45) is 5.73 Å². The summed E-state index contributed by atoms with van der Waals surface area (Å²) in [5.74, 6) is -0.150. The Hall–Kier alpha value is -0.940. The molecule has 0 bridgehead atoms. The summed E-state index contributed by atoms with van der Waals surface area (Å²) in [5.41, 5.74) is 7.10. The molecule has 1 atom stereocenters. The molecule has 1 aromatic carbocycles. The van der Waals surface area contributed by atoms with Gasteiger partial charge in [0.2, 0.25) is 0 Å². The van der Waals surface area contributed by atoms with Gasteiger partial charge in [0.1, 0.15) is 0 Å². The van der Waals surface area contributed by atoms with E-state index in [9.17, 15) is 4.79 Å². The molecule has 0 radical (unpaired) electrons. The lowest BCUT2D eigenvalue weighted by Gasteiger charge is -2.16. The first kappa shape index (κ1) is 14.1. The van der Waals surface area contributed by atoms with Gasteiger partial charge in [0.05, 0.1) is 11.0 Å². The van der Waals surface area contributed by atoms with E-state index in [2.05, 4.69) is 21.2 Å². The van der Waals surface area contributed by atoms with Crippen molar-refractivity contribution in [3.63, 3.8) is 0 Å². The summed E-state index contributed by atoms with van der Waals surface area (Å²) < 4.78 is 0.872. The number of amides is 1. The van der Waals surface area contributed by atoms with E-state index in [1.807, 2.05) is 26.0 Å². The number of rotatable bonds is 4. The van der Waals surface area contributed by atoms with Crippen LogP contribution in [0.15, 0.2) is 22.7 Å². The Bertz CT molecular complexity index is 448. The van der Waals surface area contributed by atoms with E-state index in [-0.39, 0.29) is 11.9 Å². The number of halogens is 1. The first-order valence-electron chi connectivity index (χ1n) is 5.32. The molecule has 0 saturated heterocycles. The topological polar surface area (TPSA) is 55.1 Å². The number of nitrogens with one attached hydrogen (secondary N) is 1. The van der Waals surface area contributed by atoms with Gasteiger partial charge in [-0.05, 0) is 31.0 Å². The average molecular weight is 315 g/mol. The molecule has 0 heterocycles. The van der Waals surface area contributed by atoms with Crippen molar-refractivity contribution < 1.29 is 4.79 Å². The maximum Gasteiger partial charge on any atom is 0.252 e. The van der Waals surface area contributed by atoms with Gasteiger partial charge in [-0.2, -0.15) is 0 Å². The van der Waals surface area contributed by atoms with Gasteiger partial charge in [-0.25, -0.2) is 0 Å². The standard InChI is InChI=1S/C12H15BrN2OS/c1-3-10(11(14)17)15-12(16)9-6-8(13)5-4-7(9)2/h4-6,10H,3H2,1-2H3,(H2,14,17)(H,15,16). The molecular formula is C12H15BrN2OS. The van der Waals surface area contributed by atoms with Crippen LogP contribution in [0.1, 0.15) is 29.3 Å². The minimum Gasteiger partial charge on any atom is -0.392 e. The van der Waals surface area contributed by atoms with Crippen LogP contribution in [0, 0.1) is 6.92 Å². The molecule has 0 aliphatic rings. The minimum absolute atomic E-state index is 0.150. The Morgan fingerprint density at radius 3 is 2.76 bits per heavy atom. The van der Waals surface area contributed by atoms with Crippen LogP contribution < -0.4 is 11.1 Å². The molecule has 0 aromatic heterocycles. The Morgan fingerprint density at radius 1 is 1.59 bits per heavy atom. The predicted octanol–water partition coefficient (Wildman–Crippen LogP) is 2.55. The summed E-state index contributed by atoms with van der Waals surface area (Å²) >= 11 is 8.24. The second-order valence-electron chi connectivity index (χ2n) is 3.80. The van der Waals surface area contributed by atoms with Crippen molar-refractivity contribution >= 4 is 39.0 Å². The molecule has 0 aliphatic heterocycles. The molecule has 5 heteroatoms. The van der Waals surface area contributed by atoms with E-state index in [4.69, 9.17) is 18.0 Å². The molecule has 3 nitrogen and oxygen atoms in total. The van der Waals surface area contributed by atoms with E-state index in [1.54, 1.807) is 6.07 Å². The summed E-state index contributed by atoms with van der Waals surface area (Å²) in [5, 5.41) is 2.82. The van der Waals surface area contributed by atoms with E-state index < -0.39 is 0 Å². The molecule has 1 amide bonds. The van der Waals surface area contributed by atoms with Crippen molar-refractivity contribution in [1.29, 1.82) is 0 Å². The molecule has 1 aromatic rings. The number of carbonyl (C=O) groups excluding carboxylic acids is 1. The van der Waals surface area contributed by atoms with Crippen LogP contribution in [0.5, 0.6) is 0 Å². The first-order chi connectivity index (χ1) is 7.95. The molecule has 17 heavy (non-hydrogen) atoms.